The monoisotopic (exact) mass is 280 g/mol. The van der Waals surface area contributed by atoms with E-state index in [2.05, 4.69) is 4.98 Å². The van der Waals surface area contributed by atoms with E-state index in [-0.39, 0.29) is 12.1 Å². The van der Waals surface area contributed by atoms with Crippen molar-refractivity contribution in [1.82, 2.24) is 9.88 Å². The van der Waals surface area contributed by atoms with Crippen molar-refractivity contribution in [2.75, 3.05) is 7.05 Å². The molecule has 0 aliphatic heterocycles. The molecule has 2 rings (SSSR count). The van der Waals surface area contributed by atoms with Crippen LogP contribution in [-0.2, 0) is 19.3 Å². The Labute approximate surface area is 115 Å². The molecule has 0 unspecified atom stereocenters. The fraction of sp³-hybridized carbons (Fsp3) is 0.267. The summed E-state index contributed by atoms with van der Waals surface area (Å²) in [6.45, 7) is 0.796. The van der Waals surface area contributed by atoms with Crippen LogP contribution in [0.15, 0.2) is 48.8 Å². The molecule has 1 aromatic carbocycles. The Hall–Kier alpha value is -1.88. The first kappa shape index (κ1) is 14.5. The van der Waals surface area contributed by atoms with E-state index in [1.807, 2.05) is 17.0 Å². The maximum absolute atomic E-state index is 12.9. The van der Waals surface area contributed by atoms with Crippen molar-refractivity contribution in [2.24, 2.45) is 0 Å². The highest BCUT2D eigenvalue weighted by Crippen LogP contribution is 2.32. The largest absolute Gasteiger partial charge is 0.416 e. The van der Waals surface area contributed by atoms with Crippen molar-refractivity contribution in [3.8, 4) is 0 Å². The van der Waals surface area contributed by atoms with Gasteiger partial charge in [-0.1, -0.05) is 24.3 Å². The molecule has 0 bridgehead atoms. The van der Waals surface area contributed by atoms with E-state index in [9.17, 15) is 13.2 Å². The number of alkyl halides is 3. The highest BCUT2D eigenvalue weighted by Gasteiger charge is 2.32. The Morgan fingerprint density at radius 3 is 2.45 bits per heavy atom. The fourth-order valence-corrected chi connectivity index (χ4v) is 2.08. The number of hydrogen-bond donors (Lipinski definition) is 0. The molecule has 0 amide bonds. The minimum Gasteiger partial charge on any atom is -0.298 e. The fourth-order valence-electron chi connectivity index (χ4n) is 2.08. The summed E-state index contributed by atoms with van der Waals surface area (Å²) >= 11 is 0. The molecular formula is C15H15F3N2. The van der Waals surface area contributed by atoms with Gasteiger partial charge in [-0.25, -0.2) is 0 Å². The van der Waals surface area contributed by atoms with Crippen molar-refractivity contribution in [2.45, 2.75) is 19.3 Å². The predicted octanol–water partition coefficient (Wildman–Crippen LogP) is 3.73. The molecule has 0 fully saturated rings. The number of benzene rings is 1. The molecular weight excluding hydrogens is 265 g/mol. The molecule has 20 heavy (non-hydrogen) atoms. The van der Waals surface area contributed by atoms with Crippen molar-refractivity contribution >= 4 is 0 Å². The lowest BCUT2D eigenvalue weighted by Gasteiger charge is -2.19. The third-order valence-corrected chi connectivity index (χ3v) is 2.94. The van der Waals surface area contributed by atoms with Crippen LogP contribution in [0.2, 0.25) is 0 Å². The molecule has 0 N–H and O–H groups in total. The van der Waals surface area contributed by atoms with Gasteiger partial charge < -0.3 is 0 Å². The minimum atomic E-state index is -4.31. The van der Waals surface area contributed by atoms with Crippen molar-refractivity contribution in [1.29, 1.82) is 0 Å². The van der Waals surface area contributed by atoms with E-state index >= 15 is 0 Å². The average Bonchev–Trinajstić information content (AvgIpc) is 2.39. The standard InChI is InChI=1S/C15H15F3N2/c1-20(10-12-5-4-8-19-9-12)11-13-6-2-3-7-14(13)15(16,17)18/h2-9H,10-11H2,1H3. The number of hydrogen-bond acceptors (Lipinski definition) is 2. The maximum atomic E-state index is 12.9. The van der Waals surface area contributed by atoms with Crippen LogP contribution >= 0.6 is 0 Å². The average molecular weight is 280 g/mol. The molecule has 0 saturated heterocycles. The minimum absolute atomic E-state index is 0.241. The molecule has 0 aliphatic rings. The Morgan fingerprint density at radius 1 is 1.05 bits per heavy atom. The molecule has 0 radical (unpaired) electrons. The predicted molar refractivity (Wildman–Crippen MR) is 70.9 cm³/mol. The number of rotatable bonds is 4. The SMILES string of the molecule is CN(Cc1cccnc1)Cc1ccccc1C(F)(F)F. The van der Waals surface area contributed by atoms with Gasteiger partial charge in [0.2, 0.25) is 0 Å². The molecule has 5 heteroatoms. The first-order valence-corrected chi connectivity index (χ1v) is 6.19. The van der Waals surface area contributed by atoms with Gasteiger partial charge in [0.15, 0.2) is 0 Å². The summed E-state index contributed by atoms with van der Waals surface area (Å²) in [5, 5.41) is 0. The summed E-state index contributed by atoms with van der Waals surface area (Å²) in [5.74, 6) is 0. The van der Waals surface area contributed by atoms with E-state index in [4.69, 9.17) is 0 Å². The molecule has 0 aliphatic carbocycles. The summed E-state index contributed by atoms with van der Waals surface area (Å²) in [7, 11) is 1.79. The quantitative estimate of drug-likeness (QED) is 0.848. The molecule has 2 nitrogen and oxygen atoms in total. The third kappa shape index (κ3) is 3.81. The first-order valence-electron chi connectivity index (χ1n) is 6.19. The molecule has 0 spiro atoms. The van der Waals surface area contributed by atoms with Crippen LogP contribution < -0.4 is 0 Å². The van der Waals surface area contributed by atoms with Crippen LogP contribution in [0.1, 0.15) is 16.7 Å². The van der Waals surface area contributed by atoms with Crippen molar-refractivity contribution in [3.63, 3.8) is 0 Å². The Balaban J connectivity index is 2.10. The lowest BCUT2D eigenvalue weighted by molar-refractivity contribution is -0.138. The lowest BCUT2D eigenvalue weighted by Crippen LogP contribution is -2.20. The molecule has 0 saturated carbocycles. The van der Waals surface area contributed by atoms with E-state index in [1.54, 1.807) is 25.5 Å². The van der Waals surface area contributed by atoms with Crippen molar-refractivity contribution < 1.29 is 13.2 Å². The van der Waals surface area contributed by atoms with Crippen LogP contribution in [0, 0.1) is 0 Å². The highest BCUT2D eigenvalue weighted by molar-refractivity contribution is 5.29. The van der Waals surface area contributed by atoms with Crippen LogP contribution in [0.4, 0.5) is 13.2 Å². The normalized spacial score (nSPS) is 11.8. The molecule has 2 aromatic rings. The molecule has 1 heterocycles. The summed E-state index contributed by atoms with van der Waals surface area (Å²) in [5.41, 5.74) is 0.684. The number of halogens is 3. The second-order valence-corrected chi connectivity index (χ2v) is 4.69. The van der Waals surface area contributed by atoms with Crippen LogP contribution in [0.3, 0.4) is 0 Å². The van der Waals surface area contributed by atoms with Gasteiger partial charge in [-0.15, -0.1) is 0 Å². The topological polar surface area (TPSA) is 16.1 Å². The lowest BCUT2D eigenvalue weighted by atomic mass is 10.1. The number of nitrogens with zero attached hydrogens (tertiary/aromatic N) is 2. The van der Waals surface area contributed by atoms with Gasteiger partial charge >= 0.3 is 6.18 Å². The van der Waals surface area contributed by atoms with Gasteiger partial charge in [0.25, 0.3) is 0 Å². The Kier molecular flexibility index (Phi) is 4.39. The van der Waals surface area contributed by atoms with Gasteiger partial charge in [-0.2, -0.15) is 13.2 Å². The Bertz CT molecular complexity index is 553. The van der Waals surface area contributed by atoms with E-state index in [1.165, 1.54) is 12.1 Å². The molecule has 0 atom stereocenters. The number of aromatic nitrogens is 1. The van der Waals surface area contributed by atoms with Crippen LogP contribution in [0.5, 0.6) is 0 Å². The first-order chi connectivity index (χ1) is 9.47. The zero-order valence-corrected chi connectivity index (χ0v) is 11.1. The second-order valence-electron chi connectivity index (χ2n) is 4.69. The van der Waals surface area contributed by atoms with Gasteiger partial charge in [0, 0.05) is 25.5 Å². The molecule has 106 valence electrons. The van der Waals surface area contributed by atoms with Gasteiger partial charge in [-0.05, 0) is 30.3 Å². The zero-order chi connectivity index (χ0) is 14.6. The van der Waals surface area contributed by atoms with Gasteiger partial charge in [0.05, 0.1) is 5.56 Å². The van der Waals surface area contributed by atoms with Crippen LogP contribution in [-0.4, -0.2) is 16.9 Å². The summed E-state index contributed by atoms with van der Waals surface area (Å²) < 4.78 is 38.7. The zero-order valence-electron chi connectivity index (χ0n) is 11.1. The summed E-state index contributed by atoms with van der Waals surface area (Å²) in [4.78, 5) is 5.83. The van der Waals surface area contributed by atoms with Crippen molar-refractivity contribution in [3.05, 3.63) is 65.5 Å². The second kappa shape index (κ2) is 6.05. The van der Waals surface area contributed by atoms with E-state index in [0.717, 1.165) is 11.6 Å². The van der Waals surface area contributed by atoms with E-state index in [0.29, 0.717) is 6.54 Å². The van der Waals surface area contributed by atoms with Gasteiger partial charge in [0.1, 0.15) is 0 Å². The third-order valence-electron chi connectivity index (χ3n) is 2.94. The van der Waals surface area contributed by atoms with Gasteiger partial charge in [-0.3, -0.25) is 9.88 Å². The smallest absolute Gasteiger partial charge is 0.298 e. The van der Waals surface area contributed by atoms with Crippen LogP contribution in [0.25, 0.3) is 0 Å². The molecule has 1 aromatic heterocycles. The highest BCUT2D eigenvalue weighted by atomic mass is 19.4. The summed E-state index contributed by atoms with van der Waals surface area (Å²) in [6.07, 6.45) is -0.930. The summed E-state index contributed by atoms with van der Waals surface area (Å²) in [6, 6.07) is 9.39. The Morgan fingerprint density at radius 2 is 1.80 bits per heavy atom. The maximum Gasteiger partial charge on any atom is 0.416 e. The number of pyridine rings is 1. The van der Waals surface area contributed by atoms with E-state index < -0.39 is 11.7 Å².